The number of aromatic nitrogens is 6. The highest BCUT2D eigenvalue weighted by Crippen LogP contribution is 2.33. The van der Waals surface area contributed by atoms with Crippen LogP contribution < -0.4 is 21.3 Å². The Bertz CT molecular complexity index is 2940. The van der Waals surface area contributed by atoms with Gasteiger partial charge in [-0.3, -0.25) is 34.4 Å². The van der Waals surface area contributed by atoms with Gasteiger partial charge in [-0.25, -0.2) is 23.1 Å². The average Bonchev–Trinajstić information content (AvgIpc) is 3.36. The molecule has 338 valence electrons. The molecule has 1 aliphatic heterocycles. The Morgan fingerprint density at radius 1 is 0.848 bits per heavy atom. The normalized spacial score (nSPS) is 15.6. The Morgan fingerprint density at radius 2 is 1.67 bits per heavy atom. The molecule has 9 rings (SSSR count). The van der Waals surface area contributed by atoms with E-state index in [0.29, 0.717) is 33.1 Å². The zero-order valence-electron chi connectivity index (χ0n) is 36.2. The number of esters is 1. The Labute approximate surface area is 383 Å². The van der Waals surface area contributed by atoms with Gasteiger partial charge in [0.15, 0.2) is 0 Å². The van der Waals surface area contributed by atoms with E-state index in [9.17, 15) is 14.4 Å². The van der Waals surface area contributed by atoms with Gasteiger partial charge in [0.1, 0.15) is 28.8 Å². The summed E-state index contributed by atoms with van der Waals surface area (Å²) in [4.78, 5) is 58.8. The minimum Gasteiger partial charge on any atom is -0.461 e. The van der Waals surface area contributed by atoms with Crippen molar-refractivity contribution in [2.75, 3.05) is 17.9 Å². The van der Waals surface area contributed by atoms with Crippen LogP contribution in [0.1, 0.15) is 79.4 Å². The number of aryl methyl sites for hydroxylation is 1. The Balaban J connectivity index is 0.955. The number of anilines is 1. The average molecular weight is 911 g/mol. The molecular formula is C50H48F2N8O5S. The Hall–Kier alpha value is -6.62. The summed E-state index contributed by atoms with van der Waals surface area (Å²) in [6.07, 6.45) is 13.9. The van der Waals surface area contributed by atoms with Crippen molar-refractivity contribution in [3.63, 3.8) is 0 Å². The van der Waals surface area contributed by atoms with Gasteiger partial charge in [-0.1, -0.05) is 42.8 Å². The van der Waals surface area contributed by atoms with Gasteiger partial charge in [0.25, 0.3) is 5.56 Å². The Morgan fingerprint density at radius 3 is 2.42 bits per heavy atom. The zero-order chi connectivity index (χ0) is 45.6. The highest BCUT2D eigenvalue weighted by molar-refractivity contribution is 8.00. The van der Waals surface area contributed by atoms with Crippen molar-refractivity contribution >= 4 is 34.5 Å². The van der Waals surface area contributed by atoms with E-state index < -0.39 is 40.9 Å². The third-order valence-electron chi connectivity index (χ3n) is 12.3. The van der Waals surface area contributed by atoms with Crippen LogP contribution >= 0.6 is 11.9 Å². The first kappa shape index (κ1) is 44.6. The lowest BCUT2D eigenvalue weighted by Gasteiger charge is -2.29. The summed E-state index contributed by atoms with van der Waals surface area (Å²) < 4.78 is 49.5. The lowest BCUT2D eigenvalue weighted by molar-refractivity contribution is -0.153. The molecule has 0 bridgehead atoms. The third kappa shape index (κ3) is 9.95. The number of pyridine rings is 4. The van der Waals surface area contributed by atoms with Gasteiger partial charge >= 0.3 is 11.7 Å². The number of rotatable bonds is 14. The maximum absolute atomic E-state index is 16.5. The predicted octanol–water partition coefficient (Wildman–Crippen LogP) is 8.39. The summed E-state index contributed by atoms with van der Waals surface area (Å²) in [5.74, 6) is -1.62. The molecule has 2 aromatic carbocycles. The second-order valence-electron chi connectivity index (χ2n) is 16.6. The first-order valence-electron chi connectivity index (χ1n) is 22.1. The molecule has 13 nitrogen and oxygen atoms in total. The van der Waals surface area contributed by atoms with Crippen molar-refractivity contribution in [1.29, 1.82) is 0 Å². The lowest BCUT2D eigenvalue weighted by atomic mass is 9.94. The summed E-state index contributed by atoms with van der Waals surface area (Å²) >= 11 is 1.05. The molecular weight excluding hydrogens is 863 g/mol. The largest absolute Gasteiger partial charge is 0.461 e. The Kier molecular flexibility index (Phi) is 13.7. The van der Waals surface area contributed by atoms with Crippen LogP contribution in [0.2, 0.25) is 0 Å². The molecule has 1 saturated heterocycles. The first-order valence-corrected chi connectivity index (χ1v) is 23.0. The number of nitrogens with zero attached hydrogens (tertiary/aromatic N) is 6. The third-order valence-corrected chi connectivity index (χ3v) is 13.1. The molecule has 0 spiro atoms. The van der Waals surface area contributed by atoms with Crippen molar-refractivity contribution < 1.29 is 23.0 Å². The minimum absolute atomic E-state index is 0.00406. The van der Waals surface area contributed by atoms with Crippen molar-refractivity contribution in [3.8, 4) is 16.8 Å². The van der Waals surface area contributed by atoms with E-state index in [2.05, 4.69) is 36.0 Å². The first-order chi connectivity index (χ1) is 32.2. The molecule has 2 N–H and O–H groups in total. The van der Waals surface area contributed by atoms with Crippen molar-refractivity contribution in [2.45, 2.75) is 80.5 Å². The van der Waals surface area contributed by atoms with Crippen molar-refractivity contribution in [1.82, 2.24) is 34.4 Å². The SMILES string of the molecule is Cn1c(=O)n(-c2ccc(C[C@H](NC(c3ccccc3)c3cc(F)c(NSc4ccc(-c5ccnc(C6CCOCC6)c5)cn4)cc3F)C(=O)OC3CCCCC3)nc2)c(=O)c2ccncc21. The zero-order valence-corrected chi connectivity index (χ0v) is 37.1. The van der Waals surface area contributed by atoms with Crippen LogP contribution in [0.15, 0.2) is 131 Å². The van der Waals surface area contributed by atoms with Gasteiger partial charge in [-0.2, -0.15) is 0 Å². The number of ether oxygens (including phenoxy) is 2. The second kappa shape index (κ2) is 20.3. The van der Waals surface area contributed by atoms with Gasteiger partial charge < -0.3 is 14.2 Å². The van der Waals surface area contributed by atoms with Crippen LogP contribution in [0, 0.1) is 11.6 Å². The van der Waals surface area contributed by atoms with Crippen LogP contribution in [0.4, 0.5) is 14.5 Å². The van der Waals surface area contributed by atoms with Gasteiger partial charge in [-0.05, 0) is 92.1 Å². The van der Waals surface area contributed by atoms with Crippen molar-refractivity contribution in [2.24, 2.45) is 7.05 Å². The van der Waals surface area contributed by atoms with Gasteiger partial charge in [0, 0.05) is 91.7 Å². The summed E-state index contributed by atoms with van der Waals surface area (Å²) in [6.45, 7) is 1.46. The number of hydrogen-bond donors (Lipinski definition) is 2. The number of halogens is 2. The number of benzene rings is 2. The summed E-state index contributed by atoms with van der Waals surface area (Å²) in [5, 5.41) is 4.19. The van der Waals surface area contributed by atoms with Crippen LogP contribution in [0.25, 0.3) is 27.7 Å². The number of nitrogens with one attached hydrogen (secondary N) is 2. The summed E-state index contributed by atoms with van der Waals surface area (Å²) in [7, 11) is 1.56. The molecule has 1 saturated carbocycles. The van der Waals surface area contributed by atoms with Gasteiger partial charge in [0.2, 0.25) is 0 Å². The van der Waals surface area contributed by atoms with E-state index >= 15 is 8.78 Å². The fourth-order valence-corrected chi connectivity index (χ4v) is 9.29. The number of carbonyl (C=O) groups is 1. The second-order valence-corrected chi connectivity index (χ2v) is 17.5. The van der Waals surface area contributed by atoms with Crippen LogP contribution in [0.3, 0.4) is 0 Å². The predicted molar refractivity (Wildman–Crippen MR) is 248 cm³/mol. The molecule has 16 heteroatoms. The molecule has 0 amide bonds. The van der Waals surface area contributed by atoms with Gasteiger partial charge in [-0.15, -0.1) is 0 Å². The molecule has 1 unspecified atom stereocenters. The van der Waals surface area contributed by atoms with Crippen LogP contribution in [-0.2, 0) is 27.7 Å². The number of hydrogen-bond acceptors (Lipinski definition) is 12. The number of fused-ring (bicyclic) bond motifs is 1. The topological polar surface area (TPSA) is 155 Å². The molecule has 2 aliphatic rings. The molecule has 1 aliphatic carbocycles. The monoisotopic (exact) mass is 910 g/mol. The van der Waals surface area contributed by atoms with Gasteiger partial charge in [0.05, 0.1) is 40.7 Å². The summed E-state index contributed by atoms with van der Waals surface area (Å²) in [6, 6.07) is 21.7. The van der Waals surface area contributed by atoms with Crippen molar-refractivity contribution in [3.05, 3.63) is 171 Å². The molecule has 0 radical (unpaired) electrons. The maximum Gasteiger partial charge on any atom is 0.335 e. The van der Waals surface area contributed by atoms with E-state index in [4.69, 9.17) is 9.47 Å². The smallest absolute Gasteiger partial charge is 0.335 e. The highest BCUT2D eigenvalue weighted by Gasteiger charge is 2.31. The maximum atomic E-state index is 16.5. The fraction of sp³-hybridized carbons (Fsp3) is 0.300. The highest BCUT2D eigenvalue weighted by atomic mass is 32.2. The molecule has 66 heavy (non-hydrogen) atoms. The number of carbonyl (C=O) groups excluding carboxylic acids is 1. The summed E-state index contributed by atoms with van der Waals surface area (Å²) in [5.41, 5.74) is 3.40. The molecule has 2 atom stereocenters. The lowest BCUT2D eigenvalue weighted by Crippen LogP contribution is -2.44. The van der Waals surface area contributed by atoms with E-state index in [0.717, 1.165) is 104 Å². The van der Waals surface area contributed by atoms with E-state index in [-0.39, 0.29) is 29.5 Å². The fourth-order valence-electron chi connectivity index (χ4n) is 8.68. The quantitative estimate of drug-likeness (QED) is 0.0796. The minimum atomic E-state index is -1.07. The van der Waals surface area contributed by atoms with E-state index in [1.807, 2.05) is 30.5 Å². The van der Waals surface area contributed by atoms with Crippen LogP contribution in [0.5, 0.6) is 0 Å². The van der Waals surface area contributed by atoms with Crippen LogP contribution in [-0.4, -0.2) is 60.4 Å². The molecule has 2 fully saturated rings. The molecule has 6 heterocycles. The standard InChI is InChI=1S/C50H48F2N8O5S/c1-59-45-30-53-20-17-38(45)48(61)60(50(59)63)36-14-13-35(55-29-36)25-44(49(62)65-37-10-6-3-7-11-37)57-47(32-8-4-2-5-9-32)39-26-41(52)43(27-40(39)51)58-66-46-15-12-34(28-56-46)33-16-21-54-42(24-33)31-18-22-64-23-19-31/h2,4-5,8-9,12-17,20-21,24,26-31,37,44,47,57-58H,3,6-7,10-11,18-19,22-23,25H2,1H3/t44-,47?/m0/s1. The van der Waals surface area contributed by atoms with E-state index in [1.54, 1.807) is 55.7 Å². The molecule has 7 aromatic rings. The molecule has 5 aromatic heterocycles. The van der Waals surface area contributed by atoms with E-state index in [1.165, 1.54) is 23.2 Å².